The molecular formula is C20H18N6O2S. The Hall–Kier alpha value is -3.59. The number of carbonyl (C=O) groups is 1. The summed E-state index contributed by atoms with van der Waals surface area (Å²) in [6.45, 7) is 2.63. The van der Waals surface area contributed by atoms with Crippen molar-refractivity contribution in [3.05, 3.63) is 82.5 Å². The number of rotatable bonds is 7. The minimum absolute atomic E-state index is 0.201. The summed E-state index contributed by atoms with van der Waals surface area (Å²) in [5.74, 6) is 1.04. The van der Waals surface area contributed by atoms with Gasteiger partial charge in [-0.25, -0.2) is 19.6 Å². The number of ether oxygens (including phenoxy) is 1. The van der Waals surface area contributed by atoms with Gasteiger partial charge in [0.2, 0.25) is 0 Å². The molecule has 0 atom stereocenters. The molecule has 4 aromatic rings. The van der Waals surface area contributed by atoms with Crippen molar-refractivity contribution < 1.29 is 9.53 Å². The summed E-state index contributed by atoms with van der Waals surface area (Å²) in [6, 6.07) is 10.8. The van der Waals surface area contributed by atoms with Crippen molar-refractivity contribution in [1.82, 2.24) is 30.0 Å². The van der Waals surface area contributed by atoms with E-state index in [1.54, 1.807) is 46.7 Å². The molecule has 9 heteroatoms. The lowest BCUT2D eigenvalue weighted by atomic mass is 10.2. The Morgan fingerprint density at radius 2 is 2.21 bits per heavy atom. The van der Waals surface area contributed by atoms with E-state index in [4.69, 9.17) is 4.74 Å². The molecule has 0 saturated carbocycles. The Morgan fingerprint density at radius 3 is 3.00 bits per heavy atom. The largest absolute Gasteiger partial charge is 0.487 e. The van der Waals surface area contributed by atoms with Gasteiger partial charge < -0.3 is 10.1 Å². The van der Waals surface area contributed by atoms with Gasteiger partial charge in [-0.3, -0.25) is 4.79 Å². The molecular weight excluding hydrogens is 388 g/mol. The number of thiazole rings is 1. The Bertz CT molecular complexity index is 1110. The molecule has 1 N–H and O–H groups in total. The summed E-state index contributed by atoms with van der Waals surface area (Å²) in [5, 5.41) is 9.98. The summed E-state index contributed by atoms with van der Waals surface area (Å²) in [7, 11) is 0. The minimum atomic E-state index is -0.201. The minimum Gasteiger partial charge on any atom is -0.487 e. The first-order chi connectivity index (χ1) is 14.2. The highest BCUT2D eigenvalue weighted by atomic mass is 32.1. The highest BCUT2D eigenvalue weighted by Crippen LogP contribution is 2.17. The highest BCUT2D eigenvalue weighted by Gasteiger charge is 2.11. The zero-order chi connectivity index (χ0) is 20.1. The fourth-order valence-corrected chi connectivity index (χ4v) is 3.33. The molecule has 0 radical (unpaired) electrons. The maximum atomic E-state index is 12.6. The fourth-order valence-electron chi connectivity index (χ4n) is 2.73. The molecule has 3 aromatic heterocycles. The van der Waals surface area contributed by atoms with Crippen molar-refractivity contribution in [2.75, 3.05) is 0 Å². The number of aryl methyl sites for hydroxylation is 1. The van der Waals surface area contributed by atoms with E-state index < -0.39 is 0 Å². The normalized spacial score (nSPS) is 10.7. The summed E-state index contributed by atoms with van der Waals surface area (Å²) < 4.78 is 7.33. The second-order valence-electron chi connectivity index (χ2n) is 6.18. The van der Waals surface area contributed by atoms with Crippen molar-refractivity contribution in [2.24, 2.45) is 0 Å². The van der Waals surface area contributed by atoms with E-state index in [1.807, 2.05) is 30.5 Å². The van der Waals surface area contributed by atoms with E-state index in [0.717, 1.165) is 16.3 Å². The molecule has 0 saturated heterocycles. The quantitative estimate of drug-likeness (QED) is 0.507. The number of carbonyl (C=O) groups excluding carboxylic acids is 1. The molecule has 8 nitrogen and oxygen atoms in total. The lowest BCUT2D eigenvalue weighted by Gasteiger charge is -2.10. The lowest BCUT2D eigenvalue weighted by molar-refractivity contribution is 0.0950. The van der Waals surface area contributed by atoms with Crippen LogP contribution in [0.3, 0.4) is 0 Å². The topological polar surface area (TPSA) is 94.8 Å². The van der Waals surface area contributed by atoms with Crippen LogP contribution in [0, 0.1) is 6.92 Å². The number of nitrogens with one attached hydrogen (secondary N) is 1. The molecule has 1 aromatic carbocycles. The molecule has 0 fully saturated rings. The first-order valence-electron chi connectivity index (χ1n) is 8.90. The van der Waals surface area contributed by atoms with Crippen LogP contribution >= 0.6 is 11.3 Å². The van der Waals surface area contributed by atoms with Crippen molar-refractivity contribution in [3.8, 4) is 11.6 Å². The van der Waals surface area contributed by atoms with Crippen molar-refractivity contribution in [1.29, 1.82) is 0 Å². The lowest BCUT2D eigenvalue weighted by Crippen LogP contribution is -2.23. The molecule has 1 amide bonds. The number of benzene rings is 1. The van der Waals surface area contributed by atoms with Crippen LogP contribution in [-0.2, 0) is 13.2 Å². The average Bonchev–Trinajstić information content (AvgIpc) is 3.43. The number of amides is 1. The number of pyridine rings is 1. The van der Waals surface area contributed by atoms with Crippen LogP contribution in [0.2, 0.25) is 0 Å². The van der Waals surface area contributed by atoms with Gasteiger partial charge in [0.1, 0.15) is 25.0 Å². The van der Waals surface area contributed by atoms with Gasteiger partial charge in [-0.15, -0.1) is 11.3 Å². The van der Waals surface area contributed by atoms with Gasteiger partial charge in [-0.2, -0.15) is 5.10 Å². The van der Waals surface area contributed by atoms with Gasteiger partial charge in [0.25, 0.3) is 5.91 Å². The second kappa shape index (κ2) is 8.61. The van der Waals surface area contributed by atoms with E-state index in [0.29, 0.717) is 30.3 Å². The van der Waals surface area contributed by atoms with Gasteiger partial charge in [-0.1, -0.05) is 12.1 Å². The van der Waals surface area contributed by atoms with Crippen molar-refractivity contribution in [3.63, 3.8) is 0 Å². The molecule has 29 heavy (non-hydrogen) atoms. The average molecular weight is 406 g/mol. The molecule has 0 aliphatic heterocycles. The maximum absolute atomic E-state index is 12.6. The van der Waals surface area contributed by atoms with E-state index in [9.17, 15) is 4.79 Å². The predicted octanol–water partition coefficient (Wildman–Crippen LogP) is 2.94. The van der Waals surface area contributed by atoms with E-state index in [1.165, 1.54) is 6.33 Å². The zero-order valence-electron chi connectivity index (χ0n) is 15.6. The number of hydrogen-bond acceptors (Lipinski definition) is 7. The van der Waals surface area contributed by atoms with Crippen molar-refractivity contribution in [2.45, 2.75) is 20.1 Å². The molecule has 0 spiro atoms. The van der Waals surface area contributed by atoms with E-state index in [2.05, 4.69) is 25.4 Å². The Morgan fingerprint density at radius 1 is 1.28 bits per heavy atom. The standard InChI is InChI=1S/C20H18N6O2S/c1-14-25-17(11-29-14)10-28-18-6-2-4-15(8-18)20(27)23-9-16-5-3-7-22-19(16)26-13-21-12-24-26/h2-8,11-13H,9-10H2,1H3,(H,23,27). The molecule has 0 aliphatic rings. The third-order valence-corrected chi connectivity index (χ3v) is 4.91. The van der Waals surface area contributed by atoms with E-state index >= 15 is 0 Å². The van der Waals surface area contributed by atoms with Crippen LogP contribution in [-0.4, -0.2) is 30.6 Å². The number of nitrogens with zero attached hydrogens (tertiary/aromatic N) is 5. The SMILES string of the molecule is Cc1nc(COc2cccc(C(=O)NCc3cccnc3-n3cncn3)c2)cs1. The Kier molecular flexibility index (Phi) is 5.57. The molecule has 3 heterocycles. The third-order valence-electron chi connectivity index (χ3n) is 4.09. The van der Waals surface area contributed by atoms with Crippen LogP contribution in [0.15, 0.2) is 60.6 Å². The monoisotopic (exact) mass is 406 g/mol. The summed E-state index contributed by atoms with van der Waals surface area (Å²) in [4.78, 5) is 25.3. The summed E-state index contributed by atoms with van der Waals surface area (Å²) in [5.41, 5.74) is 2.22. The van der Waals surface area contributed by atoms with Crippen LogP contribution in [0.25, 0.3) is 5.82 Å². The van der Waals surface area contributed by atoms with Gasteiger partial charge >= 0.3 is 0 Å². The van der Waals surface area contributed by atoms with Gasteiger partial charge in [0.15, 0.2) is 5.82 Å². The summed E-state index contributed by atoms with van der Waals surface area (Å²) >= 11 is 1.58. The number of hydrogen-bond donors (Lipinski definition) is 1. The van der Waals surface area contributed by atoms with Gasteiger partial charge in [0, 0.05) is 29.2 Å². The molecule has 4 rings (SSSR count). The highest BCUT2D eigenvalue weighted by molar-refractivity contribution is 7.09. The van der Waals surface area contributed by atoms with Gasteiger partial charge in [-0.05, 0) is 31.2 Å². The predicted molar refractivity (Wildman–Crippen MR) is 108 cm³/mol. The second-order valence-corrected chi connectivity index (χ2v) is 7.25. The first kappa shape index (κ1) is 18.8. The smallest absolute Gasteiger partial charge is 0.251 e. The number of aromatic nitrogens is 5. The summed E-state index contributed by atoms with van der Waals surface area (Å²) in [6.07, 6.45) is 4.68. The van der Waals surface area contributed by atoms with Crippen LogP contribution in [0.1, 0.15) is 26.6 Å². The molecule has 0 unspecified atom stereocenters. The Labute approximate surface area is 171 Å². The van der Waals surface area contributed by atoms with Crippen LogP contribution < -0.4 is 10.1 Å². The van der Waals surface area contributed by atoms with Crippen LogP contribution in [0.5, 0.6) is 5.75 Å². The van der Waals surface area contributed by atoms with Gasteiger partial charge in [0.05, 0.1) is 10.7 Å². The molecule has 0 aliphatic carbocycles. The van der Waals surface area contributed by atoms with Crippen molar-refractivity contribution >= 4 is 17.2 Å². The maximum Gasteiger partial charge on any atom is 0.251 e. The zero-order valence-corrected chi connectivity index (χ0v) is 16.5. The molecule has 146 valence electrons. The Balaban J connectivity index is 1.40. The molecule has 0 bridgehead atoms. The van der Waals surface area contributed by atoms with Crippen LogP contribution in [0.4, 0.5) is 0 Å². The van der Waals surface area contributed by atoms with E-state index in [-0.39, 0.29) is 5.91 Å². The fraction of sp³-hybridized carbons (Fsp3) is 0.150. The third kappa shape index (κ3) is 4.64. The first-order valence-corrected chi connectivity index (χ1v) is 9.78.